The van der Waals surface area contributed by atoms with Gasteiger partial charge in [-0.2, -0.15) is 0 Å². The number of nitrogens with zero attached hydrogens (tertiary/aromatic N) is 1. The zero-order valence-electron chi connectivity index (χ0n) is 10.0. The lowest BCUT2D eigenvalue weighted by molar-refractivity contribution is 0.548. The van der Waals surface area contributed by atoms with Gasteiger partial charge in [0.05, 0.1) is 0 Å². The van der Waals surface area contributed by atoms with Gasteiger partial charge in [0, 0.05) is 24.5 Å². The third-order valence-corrected chi connectivity index (χ3v) is 2.85. The van der Waals surface area contributed by atoms with Crippen LogP contribution in [0.2, 0.25) is 0 Å². The predicted octanol–water partition coefficient (Wildman–Crippen LogP) is 3.14. The van der Waals surface area contributed by atoms with E-state index >= 15 is 0 Å². The van der Waals surface area contributed by atoms with Gasteiger partial charge in [-0.1, -0.05) is 26.3 Å². The molecule has 84 valence electrons. The molecule has 2 heteroatoms. The monoisotopic (exact) mass is 206 g/mol. The van der Waals surface area contributed by atoms with E-state index in [4.69, 9.17) is 5.73 Å². The van der Waals surface area contributed by atoms with Crippen LogP contribution < -0.4 is 10.6 Å². The number of anilines is 2. The lowest BCUT2D eigenvalue weighted by atomic mass is 10.1. The lowest BCUT2D eigenvalue weighted by Crippen LogP contribution is -2.27. The van der Waals surface area contributed by atoms with Gasteiger partial charge in [0.1, 0.15) is 0 Å². The molecule has 0 aliphatic rings. The van der Waals surface area contributed by atoms with Gasteiger partial charge < -0.3 is 10.6 Å². The number of nitrogens with two attached hydrogens (primary N) is 1. The standard InChI is InChI=1S/C13H22N2/c1-4-11(3)10-15(5-2)13-8-6-7-12(14)9-13/h6-9,11H,4-5,10,14H2,1-3H3. The van der Waals surface area contributed by atoms with Crippen molar-refractivity contribution in [3.8, 4) is 0 Å². The van der Waals surface area contributed by atoms with Crippen LogP contribution in [0.4, 0.5) is 11.4 Å². The first-order chi connectivity index (χ1) is 7.17. The van der Waals surface area contributed by atoms with Gasteiger partial charge in [-0.15, -0.1) is 0 Å². The molecular formula is C13H22N2. The fourth-order valence-corrected chi connectivity index (χ4v) is 1.64. The van der Waals surface area contributed by atoms with Gasteiger partial charge >= 0.3 is 0 Å². The first-order valence-corrected chi connectivity index (χ1v) is 5.77. The molecule has 0 saturated heterocycles. The first kappa shape index (κ1) is 11.9. The number of nitrogen functional groups attached to an aromatic ring is 1. The summed E-state index contributed by atoms with van der Waals surface area (Å²) in [7, 11) is 0. The zero-order chi connectivity index (χ0) is 11.3. The number of hydrogen-bond acceptors (Lipinski definition) is 2. The third kappa shape index (κ3) is 3.46. The Morgan fingerprint density at radius 2 is 2.07 bits per heavy atom. The van der Waals surface area contributed by atoms with Crippen molar-refractivity contribution in [1.82, 2.24) is 0 Å². The first-order valence-electron chi connectivity index (χ1n) is 5.77. The summed E-state index contributed by atoms with van der Waals surface area (Å²) in [5.74, 6) is 0.728. The van der Waals surface area contributed by atoms with E-state index in [1.54, 1.807) is 0 Å². The molecule has 1 atom stereocenters. The summed E-state index contributed by atoms with van der Waals surface area (Å²) in [5, 5.41) is 0. The molecule has 0 aromatic heterocycles. The number of rotatable bonds is 5. The Kier molecular flexibility index (Phi) is 4.47. The molecule has 0 aliphatic heterocycles. The molecule has 0 amide bonds. The normalized spacial score (nSPS) is 12.5. The van der Waals surface area contributed by atoms with Gasteiger partial charge in [0.15, 0.2) is 0 Å². The van der Waals surface area contributed by atoms with Crippen LogP contribution in [0.5, 0.6) is 0 Å². The molecule has 1 unspecified atom stereocenters. The van der Waals surface area contributed by atoms with E-state index in [-0.39, 0.29) is 0 Å². The molecule has 15 heavy (non-hydrogen) atoms. The Labute approximate surface area is 93.1 Å². The smallest absolute Gasteiger partial charge is 0.0386 e. The van der Waals surface area contributed by atoms with Gasteiger partial charge in [-0.05, 0) is 31.0 Å². The highest BCUT2D eigenvalue weighted by Crippen LogP contribution is 2.19. The minimum Gasteiger partial charge on any atom is -0.399 e. The summed E-state index contributed by atoms with van der Waals surface area (Å²) in [5.41, 5.74) is 7.86. The van der Waals surface area contributed by atoms with E-state index in [9.17, 15) is 0 Å². The molecule has 0 bridgehead atoms. The zero-order valence-corrected chi connectivity index (χ0v) is 10.0. The van der Waals surface area contributed by atoms with Crippen LogP contribution in [-0.2, 0) is 0 Å². The average Bonchev–Trinajstić information content (AvgIpc) is 2.25. The van der Waals surface area contributed by atoms with Crippen molar-refractivity contribution in [3.05, 3.63) is 24.3 Å². The molecule has 0 spiro atoms. The molecule has 1 aromatic rings. The van der Waals surface area contributed by atoms with Crippen molar-refractivity contribution in [2.75, 3.05) is 23.7 Å². The molecule has 0 fully saturated rings. The summed E-state index contributed by atoms with van der Waals surface area (Å²) in [6.45, 7) is 8.85. The van der Waals surface area contributed by atoms with Crippen LogP contribution in [0.1, 0.15) is 27.2 Å². The molecule has 0 saturated carbocycles. The Morgan fingerprint density at radius 3 is 2.60 bits per heavy atom. The fourth-order valence-electron chi connectivity index (χ4n) is 1.64. The molecule has 0 heterocycles. The Morgan fingerprint density at radius 1 is 1.33 bits per heavy atom. The second-order valence-electron chi connectivity index (χ2n) is 4.15. The molecule has 0 radical (unpaired) electrons. The van der Waals surface area contributed by atoms with E-state index in [2.05, 4.69) is 31.7 Å². The van der Waals surface area contributed by atoms with E-state index in [0.717, 1.165) is 24.7 Å². The van der Waals surface area contributed by atoms with Crippen molar-refractivity contribution in [2.45, 2.75) is 27.2 Å². The molecule has 2 nitrogen and oxygen atoms in total. The van der Waals surface area contributed by atoms with Crippen LogP contribution in [-0.4, -0.2) is 13.1 Å². The van der Waals surface area contributed by atoms with E-state index < -0.39 is 0 Å². The van der Waals surface area contributed by atoms with Crippen molar-refractivity contribution in [3.63, 3.8) is 0 Å². The average molecular weight is 206 g/mol. The quantitative estimate of drug-likeness (QED) is 0.750. The second kappa shape index (κ2) is 5.64. The third-order valence-electron chi connectivity index (χ3n) is 2.85. The highest BCUT2D eigenvalue weighted by Gasteiger charge is 2.07. The van der Waals surface area contributed by atoms with Gasteiger partial charge in [-0.3, -0.25) is 0 Å². The Bertz CT molecular complexity index is 296. The summed E-state index contributed by atoms with van der Waals surface area (Å²) < 4.78 is 0. The molecule has 0 aliphatic carbocycles. The lowest BCUT2D eigenvalue weighted by Gasteiger charge is -2.26. The van der Waals surface area contributed by atoms with E-state index in [1.807, 2.05) is 18.2 Å². The highest BCUT2D eigenvalue weighted by molar-refractivity contribution is 5.55. The topological polar surface area (TPSA) is 29.3 Å². The van der Waals surface area contributed by atoms with Crippen molar-refractivity contribution in [1.29, 1.82) is 0 Å². The molecule has 2 N–H and O–H groups in total. The minimum absolute atomic E-state index is 0.728. The van der Waals surface area contributed by atoms with Crippen molar-refractivity contribution >= 4 is 11.4 Å². The molecule has 1 rings (SSSR count). The van der Waals surface area contributed by atoms with Crippen LogP contribution >= 0.6 is 0 Å². The second-order valence-corrected chi connectivity index (χ2v) is 4.15. The maximum atomic E-state index is 5.79. The highest BCUT2D eigenvalue weighted by atomic mass is 15.1. The summed E-state index contributed by atoms with van der Waals surface area (Å²) in [6.07, 6.45) is 1.22. The van der Waals surface area contributed by atoms with Crippen molar-refractivity contribution in [2.24, 2.45) is 5.92 Å². The van der Waals surface area contributed by atoms with Crippen LogP contribution in [0.3, 0.4) is 0 Å². The minimum atomic E-state index is 0.728. The number of benzene rings is 1. The Balaban J connectivity index is 2.73. The van der Waals surface area contributed by atoms with Crippen molar-refractivity contribution < 1.29 is 0 Å². The summed E-state index contributed by atoms with van der Waals surface area (Å²) in [6, 6.07) is 8.12. The summed E-state index contributed by atoms with van der Waals surface area (Å²) in [4.78, 5) is 2.38. The van der Waals surface area contributed by atoms with Gasteiger partial charge in [0.25, 0.3) is 0 Å². The van der Waals surface area contributed by atoms with E-state index in [0.29, 0.717) is 0 Å². The Hall–Kier alpha value is -1.18. The maximum Gasteiger partial charge on any atom is 0.0386 e. The van der Waals surface area contributed by atoms with Crippen LogP contribution in [0, 0.1) is 5.92 Å². The van der Waals surface area contributed by atoms with Gasteiger partial charge in [-0.25, -0.2) is 0 Å². The molecule has 1 aromatic carbocycles. The number of hydrogen-bond donors (Lipinski definition) is 1. The van der Waals surface area contributed by atoms with Gasteiger partial charge in [0.2, 0.25) is 0 Å². The van der Waals surface area contributed by atoms with Crippen LogP contribution in [0.15, 0.2) is 24.3 Å². The maximum absolute atomic E-state index is 5.79. The molecular weight excluding hydrogens is 184 g/mol. The predicted molar refractivity (Wildman–Crippen MR) is 68.2 cm³/mol. The van der Waals surface area contributed by atoms with E-state index in [1.165, 1.54) is 12.1 Å². The summed E-state index contributed by atoms with van der Waals surface area (Å²) >= 11 is 0. The SMILES string of the molecule is CCC(C)CN(CC)c1cccc(N)c1. The largest absolute Gasteiger partial charge is 0.399 e. The van der Waals surface area contributed by atoms with Crippen LogP contribution in [0.25, 0.3) is 0 Å². The fraction of sp³-hybridized carbons (Fsp3) is 0.538.